The van der Waals surface area contributed by atoms with Gasteiger partial charge in [0.2, 0.25) is 4.90 Å². The number of nitrogens with zero attached hydrogens (tertiary/aromatic N) is 1. The topological polar surface area (TPSA) is 43.3 Å². The maximum absolute atomic E-state index is 13.0. The molecule has 3 aromatic rings. The normalized spacial score (nSPS) is 14.4. The van der Waals surface area contributed by atoms with E-state index >= 15 is 0 Å². The summed E-state index contributed by atoms with van der Waals surface area (Å²) in [5.74, 6) is 0. The second kappa shape index (κ2) is 7.48. The number of anilines is 1. The van der Waals surface area contributed by atoms with E-state index in [1.807, 2.05) is 22.2 Å². The maximum atomic E-state index is 13.0. The molecule has 0 spiro atoms. The van der Waals surface area contributed by atoms with Crippen molar-refractivity contribution < 1.29 is 4.74 Å². The third kappa shape index (κ3) is 3.32. The molecule has 0 radical (unpaired) electrons. The van der Waals surface area contributed by atoms with Crippen LogP contribution >= 0.6 is 10.7 Å². The van der Waals surface area contributed by atoms with Crippen molar-refractivity contribution >= 4 is 16.4 Å². The van der Waals surface area contributed by atoms with Crippen LogP contribution in [0.25, 0.3) is 4.90 Å². The van der Waals surface area contributed by atoms with Crippen molar-refractivity contribution in [2.24, 2.45) is 0 Å². The molecule has 5 heteroatoms. The molecule has 4 rings (SSSR count). The van der Waals surface area contributed by atoms with Crippen LogP contribution in [0.4, 0.5) is 5.69 Å². The van der Waals surface area contributed by atoms with Crippen molar-refractivity contribution in [2.45, 2.75) is 25.4 Å². The summed E-state index contributed by atoms with van der Waals surface area (Å²) in [4.78, 5) is 14.2. The van der Waals surface area contributed by atoms with Crippen LogP contribution in [0, 0.1) is 0 Å². The number of ether oxygens (including phenoxy) is 1. The molecule has 134 valence electrons. The number of hydrogen-bond donors (Lipinski definition) is 1. The SMILES string of the molecule is COCCn1c(=O)c(NC2Cc3ccccc3C2)c[s+]1-c1ccccc1. The number of nitrogens with one attached hydrogen (secondary N) is 1. The third-order valence-corrected chi connectivity index (χ3v) is 6.86. The largest absolute Gasteiger partial charge is 0.383 e. The van der Waals surface area contributed by atoms with Crippen molar-refractivity contribution in [3.05, 3.63) is 81.5 Å². The molecule has 1 aliphatic rings. The first-order chi connectivity index (χ1) is 12.8. The molecule has 2 aromatic carbocycles. The number of hydrogen-bond acceptors (Lipinski definition) is 3. The Bertz CT molecular complexity index is 921. The summed E-state index contributed by atoms with van der Waals surface area (Å²) in [5, 5.41) is 5.61. The number of methoxy groups -OCH3 is 1. The van der Waals surface area contributed by atoms with Crippen LogP contribution in [-0.2, 0) is 24.1 Å². The highest BCUT2D eigenvalue weighted by atomic mass is 32.2. The Morgan fingerprint density at radius 2 is 1.73 bits per heavy atom. The van der Waals surface area contributed by atoms with Gasteiger partial charge in [0.05, 0.1) is 13.2 Å². The van der Waals surface area contributed by atoms with Gasteiger partial charge >= 0.3 is 5.56 Å². The van der Waals surface area contributed by atoms with Crippen LogP contribution in [0.5, 0.6) is 0 Å². The molecule has 0 fully saturated rings. The Kier molecular flexibility index (Phi) is 4.91. The molecule has 0 amide bonds. The zero-order chi connectivity index (χ0) is 17.9. The van der Waals surface area contributed by atoms with Crippen molar-refractivity contribution in [3.63, 3.8) is 0 Å². The third-order valence-electron chi connectivity index (χ3n) is 4.82. The summed E-state index contributed by atoms with van der Waals surface area (Å²) in [6.45, 7) is 1.14. The van der Waals surface area contributed by atoms with E-state index in [0.29, 0.717) is 13.2 Å². The van der Waals surface area contributed by atoms with Gasteiger partial charge in [-0.25, -0.2) is 0 Å². The van der Waals surface area contributed by atoms with Gasteiger partial charge in [0, 0.05) is 25.3 Å². The van der Waals surface area contributed by atoms with Crippen molar-refractivity contribution in [3.8, 4) is 4.90 Å². The average molecular weight is 367 g/mol. The summed E-state index contributed by atoms with van der Waals surface area (Å²) in [6, 6.07) is 19.0. The summed E-state index contributed by atoms with van der Waals surface area (Å²) < 4.78 is 7.13. The van der Waals surface area contributed by atoms with Crippen LogP contribution < -0.4 is 10.9 Å². The van der Waals surface area contributed by atoms with Gasteiger partial charge in [0.15, 0.2) is 11.1 Å². The zero-order valence-corrected chi connectivity index (χ0v) is 15.7. The monoisotopic (exact) mass is 367 g/mol. The Morgan fingerprint density at radius 3 is 2.38 bits per heavy atom. The lowest BCUT2D eigenvalue weighted by Gasteiger charge is -2.09. The molecule has 1 aromatic heterocycles. The molecule has 0 aliphatic heterocycles. The van der Waals surface area contributed by atoms with Gasteiger partial charge in [-0.1, -0.05) is 42.5 Å². The molecule has 0 bridgehead atoms. The van der Waals surface area contributed by atoms with Crippen molar-refractivity contribution in [1.29, 1.82) is 0 Å². The molecule has 26 heavy (non-hydrogen) atoms. The minimum Gasteiger partial charge on any atom is -0.383 e. The smallest absolute Gasteiger partial charge is 0.320 e. The molecule has 1 heterocycles. The summed E-state index contributed by atoms with van der Waals surface area (Å²) in [5.41, 5.74) is 3.57. The second-order valence-electron chi connectivity index (χ2n) is 6.58. The van der Waals surface area contributed by atoms with Crippen LogP contribution in [0.1, 0.15) is 11.1 Å². The van der Waals surface area contributed by atoms with E-state index in [4.69, 9.17) is 4.74 Å². The van der Waals surface area contributed by atoms with Gasteiger partial charge in [0.25, 0.3) is 0 Å². The van der Waals surface area contributed by atoms with Gasteiger partial charge in [-0.2, -0.15) is 0 Å². The van der Waals surface area contributed by atoms with E-state index in [1.165, 1.54) is 11.1 Å². The molecule has 1 atom stereocenters. The molecule has 0 saturated heterocycles. The number of aromatic nitrogens is 1. The number of fused-ring (bicyclic) bond motifs is 1. The highest BCUT2D eigenvalue weighted by Gasteiger charge is 2.27. The first-order valence-electron chi connectivity index (χ1n) is 8.90. The maximum Gasteiger partial charge on any atom is 0.320 e. The second-order valence-corrected chi connectivity index (χ2v) is 8.35. The molecule has 0 saturated carbocycles. The van der Waals surface area contributed by atoms with E-state index in [1.54, 1.807) is 7.11 Å². The molecule has 4 nitrogen and oxygen atoms in total. The highest BCUT2D eigenvalue weighted by molar-refractivity contribution is 7.34. The van der Waals surface area contributed by atoms with Gasteiger partial charge < -0.3 is 10.1 Å². The highest BCUT2D eigenvalue weighted by Crippen LogP contribution is 2.32. The molecular formula is C21H23N2O2S+. The number of rotatable bonds is 6. The lowest BCUT2D eigenvalue weighted by Crippen LogP contribution is -2.25. The van der Waals surface area contributed by atoms with Crippen LogP contribution in [-0.4, -0.2) is 23.7 Å². The Labute approximate surface area is 156 Å². The molecule has 1 aliphatic carbocycles. The van der Waals surface area contributed by atoms with E-state index in [0.717, 1.165) is 23.4 Å². The predicted octanol–water partition coefficient (Wildman–Crippen LogP) is 3.81. The first-order valence-corrected chi connectivity index (χ1v) is 10.1. The van der Waals surface area contributed by atoms with Crippen molar-refractivity contribution in [2.75, 3.05) is 19.0 Å². The fraction of sp³-hybridized carbons (Fsp3) is 0.286. The lowest BCUT2D eigenvalue weighted by molar-refractivity contribution is 0.189. The van der Waals surface area contributed by atoms with E-state index in [2.05, 4.69) is 47.1 Å². The van der Waals surface area contributed by atoms with Gasteiger partial charge in [0.1, 0.15) is 10.7 Å². The van der Waals surface area contributed by atoms with Crippen molar-refractivity contribution in [1.82, 2.24) is 3.96 Å². The van der Waals surface area contributed by atoms with Crippen LogP contribution in [0.2, 0.25) is 0 Å². The lowest BCUT2D eigenvalue weighted by atomic mass is 10.1. The summed E-state index contributed by atoms with van der Waals surface area (Å²) in [7, 11) is 1.31. The standard InChI is InChI=1S/C21H23N2O2S/c1-25-12-11-23-21(24)20(15-26(23)19-9-3-2-4-10-19)22-18-13-16-7-5-6-8-17(16)14-18/h2-10,15,18,22H,11-14H2,1H3/q+1. The van der Waals surface area contributed by atoms with Gasteiger partial charge in [-0.3, -0.25) is 4.79 Å². The van der Waals surface area contributed by atoms with E-state index in [-0.39, 0.29) is 22.3 Å². The Hall–Kier alpha value is -2.37. The summed E-state index contributed by atoms with van der Waals surface area (Å²) in [6.07, 6.45) is 1.94. The number of benzene rings is 2. The van der Waals surface area contributed by atoms with Crippen LogP contribution in [0.15, 0.2) is 64.8 Å². The molecule has 1 N–H and O–H groups in total. The minimum atomic E-state index is -0.361. The Morgan fingerprint density at radius 1 is 1.08 bits per heavy atom. The zero-order valence-electron chi connectivity index (χ0n) is 14.9. The van der Waals surface area contributed by atoms with Gasteiger partial charge in [-0.05, 0) is 24.0 Å². The molecular weight excluding hydrogens is 344 g/mol. The minimum absolute atomic E-state index is 0.0743. The Balaban J connectivity index is 1.63. The summed E-state index contributed by atoms with van der Waals surface area (Å²) >= 11 is 0. The quantitative estimate of drug-likeness (QED) is 0.674. The first kappa shape index (κ1) is 17.1. The fourth-order valence-corrected chi connectivity index (χ4v) is 5.45. The van der Waals surface area contributed by atoms with E-state index in [9.17, 15) is 4.79 Å². The van der Waals surface area contributed by atoms with Gasteiger partial charge in [-0.15, -0.1) is 3.96 Å². The molecule has 1 unspecified atom stereocenters. The fourth-order valence-electron chi connectivity index (χ4n) is 3.56. The predicted molar refractivity (Wildman–Crippen MR) is 108 cm³/mol. The van der Waals surface area contributed by atoms with Crippen LogP contribution in [0.3, 0.4) is 0 Å². The van der Waals surface area contributed by atoms with E-state index < -0.39 is 0 Å². The average Bonchev–Trinajstić information content (AvgIpc) is 3.22.